The Morgan fingerprint density at radius 2 is 1.02 bits per heavy atom. The maximum absolute atomic E-state index is 2.52. The largest absolute Gasteiger partial charge is 0.135 e. The molecular formula is C55H38S. The van der Waals surface area contributed by atoms with Crippen molar-refractivity contribution in [3.05, 3.63) is 179 Å². The first-order chi connectivity index (χ1) is 27.5. The van der Waals surface area contributed by atoms with E-state index in [2.05, 4.69) is 184 Å². The lowest BCUT2D eigenvalue weighted by atomic mass is 9.77. The Hall–Kier alpha value is -6.28. The summed E-state index contributed by atoms with van der Waals surface area (Å²) in [4.78, 5) is 0. The van der Waals surface area contributed by atoms with Crippen molar-refractivity contribution in [3.8, 4) is 44.5 Å². The Balaban J connectivity index is 1.09. The minimum atomic E-state index is -0.137. The molecule has 264 valence electrons. The van der Waals surface area contributed by atoms with Crippen molar-refractivity contribution in [1.82, 2.24) is 0 Å². The van der Waals surface area contributed by atoms with Crippen LogP contribution >= 0.6 is 11.3 Å². The van der Waals surface area contributed by atoms with E-state index < -0.39 is 0 Å². The summed E-state index contributed by atoms with van der Waals surface area (Å²) in [5.74, 6) is 0. The second-order valence-electron chi connectivity index (χ2n) is 16.2. The molecule has 0 atom stereocenters. The summed E-state index contributed by atoms with van der Waals surface area (Å²) in [6.07, 6.45) is 7.08. The molecule has 56 heavy (non-hydrogen) atoms. The van der Waals surface area contributed by atoms with E-state index in [1.165, 1.54) is 119 Å². The first-order valence-corrected chi connectivity index (χ1v) is 20.7. The Morgan fingerprint density at radius 1 is 0.429 bits per heavy atom. The van der Waals surface area contributed by atoms with Gasteiger partial charge in [-0.3, -0.25) is 0 Å². The van der Waals surface area contributed by atoms with Gasteiger partial charge in [0.25, 0.3) is 0 Å². The lowest BCUT2D eigenvalue weighted by molar-refractivity contribution is 0.662. The van der Waals surface area contributed by atoms with Crippen molar-refractivity contribution in [2.24, 2.45) is 0 Å². The van der Waals surface area contributed by atoms with E-state index in [-0.39, 0.29) is 5.41 Å². The molecule has 0 saturated heterocycles. The third-order valence-corrected chi connectivity index (χ3v) is 14.1. The zero-order valence-electron chi connectivity index (χ0n) is 31.5. The number of hydrogen-bond acceptors (Lipinski definition) is 1. The molecule has 0 unspecified atom stereocenters. The molecule has 0 aliphatic heterocycles. The van der Waals surface area contributed by atoms with Gasteiger partial charge in [0.1, 0.15) is 0 Å². The molecule has 0 amide bonds. The van der Waals surface area contributed by atoms with Gasteiger partial charge in [-0.05, 0) is 124 Å². The van der Waals surface area contributed by atoms with Crippen LogP contribution in [0.15, 0.2) is 158 Å². The molecule has 0 saturated carbocycles. The van der Waals surface area contributed by atoms with Gasteiger partial charge in [-0.25, -0.2) is 0 Å². The SMILES string of the molecule is CC1(C)c2ccccc2-c2c1c(-c1ccc(-c3c4c(c(-c5ccc6ccccc6c5)c5ccccc35)=CCCC=4)cc1)cc1c2ccc2c3ccccc3sc12. The zero-order chi connectivity index (χ0) is 37.1. The van der Waals surface area contributed by atoms with Crippen LogP contribution in [0.3, 0.4) is 0 Å². The summed E-state index contributed by atoms with van der Waals surface area (Å²) >= 11 is 1.93. The number of benzene rings is 9. The van der Waals surface area contributed by atoms with E-state index in [9.17, 15) is 0 Å². The van der Waals surface area contributed by atoms with E-state index >= 15 is 0 Å². The topological polar surface area (TPSA) is 0 Å². The fourth-order valence-electron chi connectivity index (χ4n) is 10.3. The third-order valence-electron chi connectivity index (χ3n) is 12.8. The second-order valence-corrected chi connectivity index (χ2v) is 17.3. The van der Waals surface area contributed by atoms with Gasteiger partial charge in [-0.15, -0.1) is 11.3 Å². The molecule has 12 rings (SSSR count). The lowest BCUT2D eigenvalue weighted by Gasteiger charge is -2.25. The van der Waals surface area contributed by atoms with Gasteiger partial charge in [0.2, 0.25) is 0 Å². The maximum Gasteiger partial charge on any atom is 0.0434 e. The minimum absolute atomic E-state index is 0.137. The van der Waals surface area contributed by atoms with Crippen molar-refractivity contribution in [1.29, 1.82) is 0 Å². The Labute approximate surface area is 330 Å². The fraction of sp³-hybridized carbons (Fsp3) is 0.0909. The van der Waals surface area contributed by atoms with Crippen LogP contribution in [0.1, 0.15) is 37.8 Å². The molecule has 0 fully saturated rings. The summed E-state index contributed by atoms with van der Waals surface area (Å²) in [6.45, 7) is 4.84. The van der Waals surface area contributed by atoms with E-state index in [0.29, 0.717) is 0 Å². The fourth-order valence-corrected chi connectivity index (χ4v) is 11.6. The highest BCUT2D eigenvalue weighted by atomic mass is 32.1. The van der Waals surface area contributed by atoms with Gasteiger partial charge in [-0.2, -0.15) is 0 Å². The molecule has 0 N–H and O–H groups in total. The lowest BCUT2D eigenvalue weighted by Crippen LogP contribution is -2.31. The highest BCUT2D eigenvalue weighted by Crippen LogP contribution is 2.56. The Bertz CT molecular complexity index is 3430. The summed E-state index contributed by atoms with van der Waals surface area (Å²) in [5.41, 5.74) is 13.3. The Kier molecular flexibility index (Phi) is 6.78. The summed E-state index contributed by atoms with van der Waals surface area (Å²) < 4.78 is 2.72. The number of fused-ring (bicyclic) bond motifs is 12. The highest BCUT2D eigenvalue weighted by Gasteiger charge is 2.39. The van der Waals surface area contributed by atoms with E-state index in [1.807, 2.05) is 11.3 Å². The normalized spacial score (nSPS) is 14.2. The van der Waals surface area contributed by atoms with Crippen LogP contribution in [-0.4, -0.2) is 0 Å². The average molecular weight is 731 g/mol. The van der Waals surface area contributed by atoms with E-state index in [1.54, 1.807) is 0 Å². The smallest absolute Gasteiger partial charge is 0.0434 e. The van der Waals surface area contributed by atoms with Crippen LogP contribution in [-0.2, 0) is 5.41 Å². The highest BCUT2D eigenvalue weighted by molar-refractivity contribution is 7.26. The predicted molar refractivity (Wildman–Crippen MR) is 243 cm³/mol. The van der Waals surface area contributed by atoms with Gasteiger partial charge < -0.3 is 0 Å². The standard InChI is InChI=1S/C55H38S/c1-55(2)48-21-11-9-20-45(48)52-43-29-30-44-38-15-10-12-22-49(38)56-54(44)47(43)32-46(53(52)55)34-24-26-35(27-25-34)50-39-16-5-7-18-41(39)51(42-19-8-6-17-40(42)50)37-28-23-33-13-3-4-14-36(33)31-37/h3-5,7,9-32H,6,8H2,1-2H3. The van der Waals surface area contributed by atoms with Crippen LogP contribution < -0.4 is 10.4 Å². The Morgan fingerprint density at radius 3 is 1.80 bits per heavy atom. The van der Waals surface area contributed by atoms with Crippen molar-refractivity contribution in [2.75, 3.05) is 0 Å². The van der Waals surface area contributed by atoms with Crippen molar-refractivity contribution in [3.63, 3.8) is 0 Å². The molecule has 10 aromatic rings. The van der Waals surface area contributed by atoms with Crippen LogP contribution in [0.2, 0.25) is 0 Å². The third kappa shape index (κ3) is 4.47. The van der Waals surface area contributed by atoms with Crippen molar-refractivity contribution in [2.45, 2.75) is 32.1 Å². The van der Waals surface area contributed by atoms with Crippen molar-refractivity contribution < 1.29 is 0 Å². The number of rotatable bonds is 3. The van der Waals surface area contributed by atoms with E-state index in [4.69, 9.17) is 0 Å². The van der Waals surface area contributed by atoms with Crippen molar-refractivity contribution >= 4 is 76.0 Å². The monoisotopic (exact) mass is 730 g/mol. The summed E-state index contributed by atoms with van der Waals surface area (Å²) in [5, 5.41) is 13.3. The molecule has 2 aliphatic carbocycles. The summed E-state index contributed by atoms with van der Waals surface area (Å²) in [7, 11) is 0. The van der Waals surface area contributed by atoms with Gasteiger partial charge in [0.05, 0.1) is 0 Å². The second kappa shape index (κ2) is 11.9. The molecule has 0 nitrogen and oxygen atoms in total. The van der Waals surface area contributed by atoms with Gasteiger partial charge in [0.15, 0.2) is 0 Å². The maximum atomic E-state index is 2.52. The van der Waals surface area contributed by atoms with Gasteiger partial charge in [0, 0.05) is 31.0 Å². The molecule has 1 heterocycles. The van der Waals surface area contributed by atoms with Gasteiger partial charge >= 0.3 is 0 Å². The van der Waals surface area contributed by atoms with Crippen LogP contribution in [0, 0.1) is 0 Å². The molecule has 0 spiro atoms. The quantitative estimate of drug-likeness (QED) is 0.170. The molecular weight excluding hydrogens is 693 g/mol. The van der Waals surface area contributed by atoms with Gasteiger partial charge in [-0.1, -0.05) is 166 Å². The average Bonchev–Trinajstić information content (AvgIpc) is 3.75. The predicted octanol–water partition coefficient (Wildman–Crippen LogP) is 14.2. The zero-order valence-corrected chi connectivity index (χ0v) is 32.3. The molecule has 0 radical (unpaired) electrons. The molecule has 1 aromatic heterocycles. The first-order valence-electron chi connectivity index (χ1n) is 19.9. The van der Waals surface area contributed by atoms with E-state index in [0.717, 1.165) is 12.8 Å². The summed E-state index contributed by atoms with van der Waals surface area (Å²) in [6, 6.07) is 59.6. The number of hydrogen-bond donors (Lipinski definition) is 0. The minimum Gasteiger partial charge on any atom is -0.135 e. The molecule has 2 aliphatic rings. The van der Waals surface area contributed by atoms with Crippen LogP contribution in [0.5, 0.6) is 0 Å². The molecule has 9 aromatic carbocycles. The molecule has 1 heteroatoms. The van der Waals surface area contributed by atoms with Crippen LogP contribution in [0.4, 0.5) is 0 Å². The van der Waals surface area contributed by atoms with Crippen LogP contribution in [0.25, 0.3) is 109 Å². The number of thiophene rings is 1. The molecule has 0 bridgehead atoms. The first kappa shape index (κ1) is 32.0.